The van der Waals surface area contributed by atoms with Crippen molar-refractivity contribution in [3.8, 4) is 0 Å². The predicted octanol–water partition coefficient (Wildman–Crippen LogP) is 2.19. The summed E-state index contributed by atoms with van der Waals surface area (Å²) in [6.45, 7) is 10.3. The van der Waals surface area contributed by atoms with Crippen molar-refractivity contribution in [3.05, 3.63) is 0 Å². The van der Waals surface area contributed by atoms with Crippen LogP contribution in [0.1, 0.15) is 41.5 Å². The largest absolute Gasteiger partial charge is 0.462 e. The van der Waals surface area contributed by atoms with Gasteiger partial charge in [0.25, 0.3) is 0 Å². The molecule has 0 aromatic rings. The Kier molecular flexibility index (Phi) is 7.41. The molecule has 0 N–H and O–H groups in total. The topological polar surface area (TPSA) is 43.4 Å². The zero-order chi connectivity index (χ0) is 11.5. The van der Waals surface area contributed by atoms with E-state index in [9.17, 15) is 9.59 Å². The van der Waals surface area contributed by atoms with E-state index >= 15 is 0 Å². The average molecular weight is 248 g/mol. The molecule has 0 aromatic heterocycles. The Hall–Kier alpha value is -0.146. The molecular weight excluding hydrogens is 228 g/mol. The Morgan fingerprint density at radius 2 is 1.53 bits per heavy atom. The van der Waals surface area contributed by atoms with Gasteiger partial charge in [-0.25, -0.2) is 0 Å². The van der Waals surface area contributed by atoms with Crippen LogP contribution in [0, 0.1) is 11.3 Å². The smallest absolute Gasteiger partial charge is 0.319 e. The molecule has 1 unspecified atom stereocenters. The summed E-state index contributed by atoms with van der Waals surface area (Å²) in [4.78, 5) is 23.1. The zero-order valence-corrected chi connectivity index (χ0v) is 11.9. The first-order chi connectivity index (χ1) is 6.22. The molecule has 0 radical (unpaired) electrons. The minimum absolute atomic E-state index is 0. The van der Waals surface area contributed by atoms with Gasteiger partial charge in [-0.15, -0.1) is 0 Å². The van der Waals surface area contributed by atoms with E-state index in [2.05, 4.69) is 0 Å². The second-order valence-corrected chi connectivity index (χ2v) is 4.37. The number of ketones is 1. The van der Waals surface area contributed by atoms with Crippen molar-refractivity contribution in [2.45, 2.75) is 47.6 Å². The van der Waals surface area contributed by atoms with E-state index in [0.717, 1.165) is 0 Å². The van der Waals surface area contributed by atoms with Gasteiger partial charge >= 0.3 is 5.97 Å². The molecule has 15 heavy (non-hydrogen) atoms. The first kappa shape index (κ1) is 17.3. The van der Waals surface area contributed by atoms with Gasteiger partial charge in [-0.1, -0.05) is 13.8 Å². The number of ether oxygens (including phenoxy) is 1. The normalized spacial score (nSPS) is 14.4. The molecule has 0 spiro atoms. The fourth-order valence-corrected chi connectivity index (χ4v) is 1.12. The van der Waals surface area contributed by atoms with Crippen LogP contribution in [-0.2, 0) is 36.0 Å². The van der Waals surface area contributed by atoms with E-state index in [0.29, 0.717) is 0 Å². The van der Waals surface area contributed by atoms with E-state index in [1.807, 2.05) is 13.8 Å². The minimum Gasteiger partial charge on any atom is -0.462 e. The van der Waals surface area contributed by atoms with Crippen molar-refractivity contribution in [3.63, 3.8) is 0 Å². The van der Waals surface area contributed by atoms with Crippen LogP contribution in [-0.4, -0.2) is 17.9 Å². The predicted molar refractivity (Wildman–Crippen MR) is 54.9 cm³/mol. The molecule has 0 fully saturated rings. The van der Waals surface area contributed by atoms with E-state index in [-0.39, 0.29) is 39.5 Å². The number of hydrogen-bond acceptors (Lipinski definition) is 3. The molecule has 0 amide bonds. The van der Waals surface area contributed by atoms with Gasteiger partial charge < -0.3 is 4.74 Å². The van der Waals surface area contributed by atoms with Gasteiger partial charge in [0.1, 0.15) is 11.2 Å². The molecule has 0 heterocycles. The Morgan fingerprint density at radius 3 is 1.73 bits per heavy atom. The van der Waals surface area contributed by atoms with E-state index < -0.39 is 11.4 Å². The summed E-state index contributed by atoms with van der Waals surface area (Å²) < 4.78 is 5.08. The molecular formula is C11H20O3Ti. The molecule has 0 aliphatic carbocycles. The number of carbonyl (C=O) groups is 2. The van der Waals surface area contributed by atoms with E-state index in [1.165, 1.54) is 6.92 Å². The standard InChI is InChI=1S/C11H20O3.Ti/c1-7(2)11(6,9(5)12)10(13)14-8(3)4;/h7-8H,1-6H3;. The number of Topliss-reactive ketones (excluding diaryl/α,β-unsaturated/α-hetero) is 1. The Bertz CT molecular complexity index is 236. The van der Waals surface area contributed by atoms with Crippen LogP contribution < -0.4 is 0 Å². The maximum Gasteiger partial charge on any atom is 0.319 e. The summed E-state index contributed by atoms with van der Waals surface area (Å²) in [7, 11) is 0. The van der Waals surface area contributed by atoms with Crippen LogP contribution in [0.3, 0.4) is 0 Å². The van der Waals surface area contributed by atoms with Gasteiger partial charge in [0.05, 0.1) is 6.10 Å². The summed E-state index contributed by atoms with van der Waals surface area (Å²) in [5, 5.41) is 0. The third-order valence-corrected chi connectivity index (χ3v) is 2.65. The fraction of sp³-hybridized carbons (Fsp3) is 0.818. The number of esters is 1. The summed E-state index contributed by atoms with van der Waals surface area (Å²) in [6.07, 6.45) is -0.181. The van der Waals surface area contributed by atoms with Gasteiger partial charge in [-0.3, -0.25) is 9.59 Å². The molecule has 3 nitrogen and oxygen atoms in total. The van der Waals surface area contributed by atoms with Gasteiger partial charge in [0.2, 0.25) is 0 Å². The first-order valence-corrected chi connectivity index (χ1v) is 4.95. The fourth-order valence-electron chi connectivity index (χ4n) is 1.12. The summed E-state index contributed by atoms with van der Waals surface area (Å²) in [5.74, 6) is -0.612. The summed E-state index contributed by atoms with van der Waals surface area (Å²) in [5.41, 5.74) is -1.01. The van der Waals surface area contributed by atoms with Gasteiger partial charge in [-0.05, 0) is 33.6 Å². The van der Waals surface area contributed by atoms with Crippen LogP contribution in [0.4, 0.5) is 0 Å². The summed E-state index contributed by atoms with van der Waals surface area (Å²) in [6, 6.07) is 0. The van der Waals surface area contributed by atoms with Gasteiger partial charge in [0.15, 0.2) is 0 Å². The first-order valence-electron chi connectivity index (χ1n) is 4.95. The molecule has 4 heteroatoms. The molecule has 0 saturated carbocycles. The average Bonchev–Trinajstić information content (AvgIpc) is 2.00. The van der Waals surface area contributed by atoms with Crippen LogP contribution in [0.15, 0.2) is 0 Å². The Balaban J connectivity index is 0. The van der Waals surface area contributed by atoms with E-state index in [1.54, 1.807) is 20.8 Å². The Morgan fingerprint density at radius 1 is 1.13 bits per heavy atom. The number of carbonyl (C=O) groups excluding carboxylic acids is 2. The van der Waals surface area contributed by atoms with Crippen LogP contribution in [0.5, 0.6) is 0 Å². The molecule has 0 saturated heterocycles. The Labute approximate surface area is 107 Å². The number of rotatable bonds is 4. The van der Waals surface area contributed by atoms with Crippen LogP contribution >= 0.6 is 0 Å². The van der Waals surface area contributed by atoms with Crippen molar-refractivity contribution >= 4 is 11.8 Å². The summed E-state index contributed by atoms with van der Waals surface area (Å²) >= 11 is 0. The minimum atomic E-state index is -1.01. The van der Waals surface area contributed by atoms with Crippen LogP contribution in [0.2, 0.25) is 0 Å². The molecule has 0 aliphatic rings. The van der Waals surface area contributed by atoms with Gasteiger partial charge in [0, 0.05) is 21.7 Å². The number of hydrogen-bond donors (Lipinski definition) is 0. The monoisotopic (exact) mass is 248 g/mol. The molecule has 0 aromatic carbocycles. The third-order valence-electron chi connectivity index (χ3n) is 2.65. The molecule has 1 atom stereocenters. The van der Waals surface area contributed by atoms with Crippen molar-refractivity contribution in [2.24, 2.45) is 11.3 Å². The second kappa shape index (κ2) is 6.44. The quantitative estimate of drug-likeness (QED) is 0.435. The van der Waals surface area contributed by atoms with Crippen LogP contribution in [0.25, 0.3) is 0 Å². The maximum absolute atomic E-state index is 11.7. The molecule has 0 rings (SSSR count). The van der Waals surface area contributed by atoms with Crippen molar-refractivity contribution in [1.29, 1.82) is 0 Å². The van der Waals surface area contributed by atoms with E-state index in [4.69, 9.17) is 4.74 Å². The van der Waals surface area contributed by atoms with Gasteiger partial charge in [-0.2, -0.15) is 0 Å². The van der Waals surface area contributed by atoms with Crippen molar-refractivity contribution in [2.75, 3.05) is 0 Å². The zero-order valence-electron chi connectivity index (χ0n) is 10.4. The molecule has 86 valence electrons. The van der Waals surface area contributed by atoms with Crippen molar-refractivity contribution in [1.82, 2.24) is 0 Å². The third kappa shape index (κ3) is 4.08. The van der Waals surface area contributed by atoms with Crippen molar-refractivity contribution < 1.29 is 36.0 Å². The SMILES string of the molecule is CC(=O)C(C)(C(=O)OC(C)C)C(C)C.[Ti]. The maximum atomic E-state index is 11.7. The molecule has 0 bridgehead atoms. The molecule has 0 aliphatic heterocycles. The second-order valence-electron chi connectivity index (χ2n) is 4.37.